The number of hydrogen-bond acceptors (Lipinski definition) is 1. The third-order valence-electron chi connectivity index (χ3n) is 4.39. The van der Waals surface area contributed by atoms with E-state index in [2.05, 4.69) is 30.3 Å². The minimum Gasteiger partial charge on any atom is -0.126 e. The van der Waals surface area contributed by atoms with Gasteiger partial charge in [-0.3, -0.25) is 0 Å². The summed E-state index contributed by atoms with van der Waals surface area (Å²) in [5.74, 6) is 4.16. The van der Waals surface area contributed by atoms with Gasteiger partial charge in [0.15, 0.2) is 0 Å². The molecule has 2 aliphatic carbocycles. The van der Waals surface area contributed by atoms with E-state index in [4.69, 9.17) is 11.6 Å². The number of alkyl halides is 1. The summed E-state index contributed by atoms with van der Waals surface area (Å²) in [4.78, 5) is 1.39. The fourth-order valence-corrected chi connectivity index (χ4v) is 4.76. The summed E-state index contributed by atoms with van der Waals surface area (Å²) in [6, 6.07) is 10.7. The number of rotatable bonds is 5. The second kappa shape index (κ2) is 4.85. The zero-order valence-electron chi connectivity index (χ0n) is 10.1. The lowest BCUT2D eigenvalue weighted by Gasteiger charge is -2.28. The molecule has 1 aromatic rings. The molecular weight excluding hydrogens is 248 g/mol. The molecule has 0 bridgehead atoms. The molecule has 0 aromatic heterocycles. The predicted octanol–water partition coefficient (Wildman–Crippen LogP) is 4.82. The summed E-state index contributed by atoms with van der Waals surface area (Å²) in [6.45, 7) is 0. The first-order chi connectivity index (χ1) is 8.31. The van der Waals surface area contributed by atoms with Crippen LogP contribution in [0.15, 0.2) is 35.2 Å². The maximum absolute atomic E-state index is 6.22. The molecule has 17 heavy (non-hydrogen) atoms. The largest absolute Gasteiger partial charge is 0.126 e. The Morgan fingerprint density at radius 3 is 2.53 bits per heavy atom. The topological polar surface area (TPSA) is 0 Å². The predicted molar refractivity (Wildman–Crippen MR) is 75.8 cm³/mol. The van der Waals surface area contributed by atoms with Crippen LogP contribution in [0.3, 0.4) is 0 Å². The van der Waals surface area contributed by atoms with E-state index in [1.807, 2.05) is 11.8 Å². The molecule has 0 amide bonds. The van der Waals surface area contributed by atoms with Crippen LogP contribution in [-0.2, 0) is 0 Å². The monoisotopic (exact) mass is 266 g/mol. The lowest BCUT2D eigenvalue weighted by molar-refractivity contribution is 0.296. The molecule has 0 radical (unpaired) electrons. The molecule has 0 nitrogen and oxygen atoms in total. The average Bonchev–Trinajstić information content (AvgIpc) is 2.99. The van der Waals surface area contributed by atoms with Crippen LogP contribution in [-0.4, -0.2) is 11.6 Å². The molecule has 0 saturated heterocycles. The minimum atomic E-state index is 0.483. The fourth-order valence-electron chi connectivity index (χ4n) is 3.29. The second-order valence-corrected chi connectivity index (χ2v) is 7.14. The second-order valence-electron chi connectivity index (χ2n) is 5.71. The van der Waals surface area contributed by atoms with Crippen LogP contribution >= 0.6 is 23.4 Å². The molecule has 0 heterocycles. The number of halogens is 1. The van der Waals surface area contributed by atoms with E-state index in [0.29, 0.717) is 5.41 Å². The van der Waals surface area contributed by atoms with Crippen LogP contribution in [0, 0.1) is 17.3 Å². The third kappa shape index (κ3) is 2.66. The van der Waals surface area contributed by atoms with E-state index >= 15 is 0 Å². The van der Waals surface area contributed by atoms with Gasteiger partial charge in [0.05, 0.1) is 0 Å². The molecular formula is C15H19ClS. The molecule has 2 heteroatoms. The van der Waals surface area contributed by atoms with Crippen molar-refractivity contribution in [1.29, 1.82) is 0 Å². The van der Waals surface area contributed by atoms with Gasteiger partial charge in [-0.2, -0.15) is 0 Å². The lowest BCUT2D eigenvalue weighted by atomic mass is 9.82. The Balaban J connectivity index is 1.50. The van der Waals surface area contributed by atoms with Crippen molar-refractivity contribution in [3.05, 3.63) is 30.3 Å². The van der Waals surface area contributed by atoms with Gasteiger partial charge in [0.1, 0.15) is 0 Å². The van der Waals surface area contributed by atoms with Crippen molar-refractivity contribution in [3.8, 4) is 0 Å². The van der Waals surface area contributed by atoms with Crippen LogP contribution in [0.1, 0.15) is 25.7 Å². The Kier molecular flexibility index (Phi) is 3.40. The van der Waals surface area contributed by atoms with E-state index in [0.717, 1.165) is 17.7 Å². The number of fused-ring (bicyclic) bond motifs is 1. The summed E-state index contributed by atoms with van der Waals surface area (Å²) in [5, 5.41) is 0. The van der Waals surface area contributed by atoms with Crippen molar-refractivity contribution in [3.63, 3.8) is 0 Å². The maximum atomic E-state index is 6.22. The molecule has 2 saturated carbocycles. The van der Waals surface area contributed by atoms with Crippen molar-refractivity contribution in [2.24, 2.45) is 17.3 Å². The Hall–Kier alpha value is -0.140. The highest BCUT2D eigenvalue weighted by Crippen LogP contribution is 2.61. The van der Waals surface area contributed by atoms with Gasteiger partial charge in [-0.25, -0.2) is 0 Å². The quantitative estimate of drug-likeness (QED) is 0.544. The molecule has 0 N–H and O–H groups in total. The van der Waals surface area contributed by atoms with E-state index < -0.39 is 0 Å². The van der Waals surface area contributed by atoms with Crippen molar-refractivity contribution >= 4 is 23.4 Å². The van der Waals surface area contributed by atoms with Crippen LogP contribution < -0.4 is 0 Å². The van der Waals surface area contributed by atoms with Gasteiger partial charge in [-0.15, -0.1) is 23.4 Å². The van der Waals surface area contributed by atoms with Crippen LogP contribution in [0.5, 0.6) is 0 Å². The standard InChI is InChI=1S/C15H19ClS/c16-11-15(9-12-8-13(12)10-15)6-7-17-14-4-2-1-3-5-14/h1-5,12-13H,6-11H2. The van der Waals surface area contributed by atoms with Gasteiger partial charge in [0, 0.05) is 10.8 Å². The average molecular weight is 267 g/mol. The van der Waals surface area contributed by atoms with E-state index in [1.54, 1.807) is 0 Å². The first-order valence-electron chi connectivity index (χ1n) is 6.55. The Morgan fingerprint density at radius 1 is 1.18 bits per heavy atom. The molecule has 0 aliphatic heterocycles. The van der Waals surface area contributed by atoms with Crippen LogP contribution in [0.4, 0.5) is 0 Å². The Bertz CT molecular complexity index is 366. The summed E-state index contributed by atoms with van der Waals surface area (Å²) < 4.78 is 0. The molecule has 3 rings (SSSR count). The van der Waals surface area contributed by atoms with Gasteiger partial charge < -0.3 is 0 Å². The number of benzene rings is 1. The SMILES string of the molecule is ClCC1(CCSc2ccccc2)CC2CC2C1. The summed E-state index contributed by atoms with van der Waals surface area (Å²) in [5.41, 5.74) is 0.483. The van der Waals surface area contributed by atoms with Crippen LogP contribution in [0.25, 0.3) is 0 Å². The molecule has 2 aliphatic rings. The zero-order chi connectivity index (χ0) is 11.7. The maximum Gasteiger partial charge on any atom is 0.0280 e. The normalized spacial score (nSPS) is 34.6. The molecule has 2 fully saturated rings. The van der Waals surface area contributed by atoms with E-state index in [9.17, 15) is 0 Å². The Labute approximate surface area is 113 Å². The van der Waals surface area contributed by atoms with Crippen molar-refractivity contribution in [2.75, 3.05) is 11.6 Å². The summed E-state index contributed by atoms with van der Waals surface area (Å²) in [7, 11) is 0. The van der Waals surface area contributed by atoms with Gasteiger partial charge in [-0.1, -0.05) is 18.2 Å². The fraction of sp³-hybridized carbons (Fsp3) is 0.600. The van der Waals surface area contributed by atoms with Crippen molar-refractivity contribution in [1.82, 2.24) is 0 Å². The molecule has 92 valence electrons. The van der Waals surface area contributed by atoms with Gasteiger partial charge >= 0.3 is 0 Å². The van der Waals surface area contributed by atoms with Crippen LogP contribution in [0.2, 0.25) is 0 Å². The van der Waals surface area contributed by atoms with Crippen molar-refractivity contribution in [2.45, 2.75) is 30.6 Å². The Morgan fingerprint density at radius 2 is 1.88 bits per heavy atom. The third-order valence-corrected chi connectivity index (χ3v) is 5.97. The van der Waals surface area contributed by atoms with Gasteiger partial charge in [0.2, 0.25) is 0 Å². The number of thioether (sulfide) groups is 1. The first-order valence-corrected chi connectivity index (χ1v) is 8.07. The highest BCUT2D eigenvalue weighted by atomic mass is 35.5. The first kappa shape index (κ1) is 11.9. The van der Waals surface area contributed by atoms with Gasteiger partial charge in [-0.05, 0) is 60.8 Å². The van der Waals surface area contributed by atoms with Gasteiger partial charge in [0.25, 0.3) is 0 Å². The van der Waals surface area contributed by atoms with Crippen molar-refractivity contribution < 1.29 is 0 Å². The molecule has 2 atom stereocenters. The molecule has 2 unspecified atom stereocenters. The van der Waals surface area contributed by atoms with E-state index in [1.165, 1.54) is 36.3 Å². The summed E-state index contributed by atoms with van der Waals surface area (Å²) in [6.07, 6.45) is 5.58. The number of hydrogen-bond donors (Lipinski definition) is 0. The smallest absolute Gasteiger partial charge is 0.0280 e. The van der Waals surface area contributed by atoms with E-state index in [-0.39, 0.29) is 0 Å². The highest BCUT2D eigenvalue weighted by Gasteiger charge is 2.52. The minimum absolute atomic E-state index is 0.483. The summed E-state index contributed by atoms with van der Waals surface area (Å²) >= 11 is 8.20. The lowest BCUT2D eigenvalue weighted by Crippen LogP contribution is -2.21. The highest BCUT2D eigenvalue weighted by molar-refractivity contribution is 7.99. The zero-order valence-corrected chi connectivity index (χ0v) is 11.6. The molecule has 1 aromatic carbocycles. The molecule has 0 spiro atoms.